The van der Waals surface area contributed by atoms with Crippen LogP contribution < -0.4 is 10.3 Å². The van der Waals surface area contributed by atoms with E-state index in [0.717, 1.165) is 36.3 Å². The number of hydrogen-bond acceptors (Lipinski definition) is 4. The number of methoxy groups -OCH3 is 1. The van der Waals surface area contributed by atoms with E-state index in [0.29, 0.717) is 17.6 Å². The maximum atomic E-state index is 12.7. The minimum atomic E-state index is -0.0303. The molecule has 0 atom stereocenters. The van der Waals surface area contributed by atoms with Crippen molar-refractivity contribution in [3.63, 3.8) is 0 Å². The minimum absolute atomic E-state index is 0.0303. The normalized spacial score (nSPS) is 11.7. The van der Waals surface area contributed by atoms with Gasteiger partial charge in [-0.15, -0.1) is 0 Å². The molecule has 3 rings (SSSR count). The van der Waals surface area contributed by atoms with E-state index in [2.05, 4.69) is 28.7 Å². The molecule has 2 heterocycles. The Morgan fingerprint density at radius 3 is 2.78 bits per heavy atom. The van der Waals surface area contributed by atoms with Gasteiger partial charge in [0.25, 0.3) is 5.56 Å². The summed E-state index contributed by atoms with van der Waals surface area (Å²) >= 11 is 0. The number of likely N-dealkylation sites (N-methyl/N-ethyl adjacent to an activating group) is 1. The van der Waals surface area contributed by atoms with Crippen molar-refractivity contribution in [1.29, 1.82) is 0 Å². The molecule has 0 amide bonds. The first-order valence-electron chi connectivity index (χ1n) is 7.95. The van der Waals surface area contributed by atoms with E-state index in [9.17, 15) is 4.79 Å². The average Bonchev–Trinajstić information content (AvgIpc) is 2.96. The van der Waals surface area contributed by atoms with Gasteiger partial charge in [0, 0.05) is 24.5 Å². The first kappa shape index (κ1) is 15.6. The molecule has 0 spiro atoms. The van der Waals surface area contributed by atoms with Gasteiger partial charge in [-0.05, 0) is 25.2 Å². The highest BCUT2D eigenvalue weighted by atomic mass is 16.5. The van der Waals surface area contributed by atoms with Crippen molar-refractivity contribution in [2.45, 2.75) is 20.4 Å². The number of fused-ring (bicyclic) bond motifs is 3. The Morgan fingerprint density at radius 1 is 1.30 bits per heavy atom. The standard InChI is InChI=1S/C17H22N4O2/c1-4-20(5-2)8-9-21-11-18-15-13-7-6-12(23-3)10-14(13)19-16(15)17(21)22/h6-7,10-11,19H,4-5,8-9H2,1-3H3. The predicted octanol–water partition coefficient (Wildman–Crippen LogP) is 2.23. The molecule has 6 heteroatoms. The number of nitrogens with one attached hydrogen (secondary N) is 1. The third-order valence-electron chi connectivity index (χ3n) is 4.33. The van der Waals surface area contributed by atoms with Crippen LogP contribution >= 0.6 is 0 Å². The Hall–Kier alpha value is -2.34. The first-order valence-corrected chi connectivity index (χ1v) is 7.95. The van der Waals surface area contributed by atoms with Crippen LogP contribution in [0.5, 0.6) is 5.75 Å². The summed E-state index contributed by atoms with van der Waals surface area (Å²) in [6.07, 6.45) is 1.64. The lowest BCUT2D eigenvalue weighted by Gasteiger charge is -2.18. The van der Waals surface area contributed by atoms with Gasteiger partial charge in [-0.3, -0.25) is 9.36 Å². The highest BCUT2D eigenvalue weighted by molar-refractivity contribution is 6.04. The minimum Gasteiger partial charge on any atom is -0.497 e. The molecule has 0 radical (unpaired) electrons. The van der Waals surface area contributed by atoms with Crippen molar-refractivity contribution in [1.82, 2.24) is 19.4 Å². The van der Waals surface area contributed by atoms with Crippen LogP contribution in [-0.4, -0.2) is 46.2 Å². The molecule has 0 aliphatic rings. The topological polar surface area (TPSA) is 63.1 Å². The molecule has 1 N–H and O–H groups in total. The molecule has 0 aliphatic carbocycles. The highest BCUT2D eigenvalue weighted by Gasteiger charge is 2.12. The molecule has 6 nitrogen and oxygen atoms in total. The fourth-order valence-electron chi connectivity index (χ4n) is 2.85. The van der Waals surface area contributed by atoms with Crippen LogP contribution in [0.2, 0.25) is 0 Å². The molecule has 0 aliphatic heterocycles. The van der Waals surface area contributed by atoms with Crippen LogP contribution in [0.25, 0.3) is 21.9 Å². The van der Waals surface area contributed by atoms with Crippen molar-refractivity contribution < 1.29 is 4.74 Å². The summed E-state index contributed by atoms with van der Waals surface area (Å²) in [7, 11) is 1.63. The molecule has 23 heavy (non-hydrogen) atoms. The molecule has 0 saturated heterocycles. The van der Waals surface area contributed by atoms with Gasteiger partial charge in [0.1, 0.15) is 16.8 Å². The van der Waals surface area contributed by atoms with Crippen molar-refractivity contribution in [2.75, 3.05) is 26.7 Å². The molecule has 0 unspecified atom stereocenters. The van der Waals surface area contributed by atoms with Crippen molar-refractivity contribution in [2.24, 2.45) is 0 Å². The molecule has 1 aromatic carbocycles. The zero-order valence-electron chi connectivity index (χ0n) is 13.8. The number of hydrogen-bond donors (Lipinski definition) is 1. The summed E-state index contributed by atoms with van der Waals surface area (Å²) in [4.78, 5) is 22.6. The first-order chi connectivity index (χ1) is 11.2. The average molecular weight is 314 g/mol. The highest BCUT2D eigenvalue weighted by Crippen LogP contribution is 2.25. The fraction of sp³-hybridized carbons (Fsp3) is 0.412. The Bertz CT molecular complexity index is 877. The number of benzene rings is 1. The zero-order valence-corrected chi connectivity index (χ0v) is 13.8. The monoisotopic (exact) mass is 314 g/mol. The molecule has 0 saturated carbocycles. The van der Waals surface area contributed by atoms with E-state index in [1.165, 1.54) is 0 Å². The summed E-state index contributed by atoms with van der Waals surface area (Å²) < 4.78 is 6.91. The molecule has 122 valence electrons. The van der Waals surface area contributed by atoms with E-state index < -0.39 is 0 Å². The Kier molecular flexibility index (Phi) is 4.34. The SMILES string of the molecule is CCN(CC)CCn1cnc2c([nH]c3cc(OC)ccc32)c1=O. The second-order valence-corrected chi connectivity index (χ2v) is 5.53. The molecule has 0 fully saturated rings. The summed E-state index contributed by atoms with van der Waals surface area (Å²) in [6, 6.07) is 5.69. The largest absolute Gasteiger partial charge is 0.497 e. The maximum absolute atomic E-state index is 12.7. The van der Waals surface area contributed by atoms with E-state index >= 15 is 0 Å². The number of ether oxygens (including phenoxy) is 1. The third kappa shape index (κ3) is 2.82. The Balaban J connectivity index is 2.01. The lowest BCUT2D eigenvalue weighted by molar-refractivity contribution is 0.289. The summed E-state index contributed by atoms with van der Waals surface area (Å²) in [5, 5.41) is 0.939. The lowest BCUT2D eigenvalue weighted by Crippen LogP contribution is -2.31. The van der Waals surface area contributed by atoms with Crippen molar-refractivity contribution >= 4 is 21.9 Å². The van der Waals surface area contributed by atoms with Gasteiger partial charge in [-0.1, -0.05) is 13.8 Å². The summed E-state index contributed by atoms with van der Waals surface area (Å²) in [5.41, 5.74) is 2.10. The van der Waals surface area contributed by atoms with Crippen LogP contribution in [0.15, 0.2) is 29.3 Å². The van der Waals surface area contributed by atoms with Crippen LogP contribution in [0, 0.1) is 0 Å². The number of H-pyrrole nitrogens is 1. The number of nitrogens with zero attached hydrogens (tertiary/aromatic N) is 3. The quantitative estimate of drug-likeness (QED) is 0.758. The van der Waals surface area contributed by atoms with Crippen molar-refractivity contribution in [3.8, 4) is 5.75 Å². The third-order valence-corrected chi connectivity index (χ3v) is 4.33. The van der Waals surface area contributed by atoms with E-state index in [4.69, 9.17) is 4.74 Å². The molecular weight excluding hydrogens is 292 g/mol. The van der Waals surface area contributed by atoms with Gasteiger partial charge in [0.2, 0.25) is 0 Å². The van der Waals surface area contributed by atoms with E-state index in [1.54, 1.807) is 18.0 Å². The predicted molar refractivity (Wildman–Crippen MR) is 92.2 cm³/mol. The maximum Gasteiger partial charge on any atom is 0.277 e. The van der Waals surface area contributed by atoms with Crippen LogP contribution in [0.1, 0.15) is 13.8 Å². The van der Waals surface area contributed by atoms with Gasteiger partial charge in [0.15, 0.2) is 0 Å². The van der Waals surface area contributed by atoms with Crippen LogP contribution in [0.4, 0.5) is 0 Å². The van der Waals surface area contributed by atoms with Crippen molar-refractivity contribution in [3.05, 3.63) is 34.9 Å². The fourth-order valence-corrected chi connectivity index (χ4v) is 2.85. The zero-order chi connectivity index (χ0) is 16.4. The molecular formula is C17H22N4O2. The number of aromatic nitrogens is 3. The Labute approximate surface area is 134 Å². The summed E-state index contributed by atoms with van der Waals surface area (Å²) in [5.74, 6) is 0.755. The second-order valence-electron chi connectivity index (χ2n) is 5.53. The second kappa shape index (κ2) is 6.42. The van der Waals surface area contributed by atoms with E-state index in [1.807, 2.05) is 18.2 Å². The summed E-state index contributed by atoms with van der Waals surface area (Å²) in [6.45, 7) is 7.69. The number of aromatic amines is 1. The van der Waals surface area contributed by atoms with Crippen LogP contribution in [-0.2, 0) is 6.54 Å². The van der Waals surface area contributed by atoms with Crippen LogP contribution in [0.3, 0.4) is 0 Å². The van der Waals surface area contributed by atoms with Gasteiger partial charge >= 0.3 is 0 Å². The number of rotatable bonds is 6. The molecule has 0 bridgehead atoms. The van der Waals surface area contributed by atoms with Gasteiger partial charge in [0.05, 0.1) is 19.0 Å². The Morgan fingerprint density at radius 2 is 2.09 bits per heavy atom. The van der Waals surface area contributed by atoms with E-state index in [-0.39, 0.29) is 5.56 Å². The van der Waals surface area contributed by atoms with Gasteiger partial charge < -0.3 is 14.6 Å². The lowest BCUT2D eigenvalue weighted by atomic mass is 10.2. The van der Waals surface area contributed by atoms with Gasteiger partial charge in [-0.2, -0.15) is 0 Å². The molecule has 3 aromatic rings. The van der Waals surface area contributed by atoms with Gasteiger partial charge in [-0.25, -0.2) is 4.98 Å². The smallest absolute Gasteiger partial charge is 0.277 e. The molecule has 2 aromatic heterocycles.